The highest BCUT2D eigenvalue weighted by molar-refractivity contribution is 7.90. The molecule has 0 spiro atoms. The number of benzene rings is 2. The van der Waals surface area contributed by atoms with E-state index in [0.717, 1.165) is 12.0 Å². The number of ether oxygens (including phenoxy) is 1. The Hall–Kier alpha value is -2.78. The smallest absolute Gasteiger partial charge is 0.347 e. The van der Waals surface area contributed by atoms with Crippen LogP contribution in [0.25, 0.3) is 0 Å². The van der Waals surface area contributed by atoms with Gasteiger partial charge in [-0.05, 0) is 48.4 Å². The molecule has 0 atom stereocenters. The van der Waals surface area contributed by atoms with Crippen molar-refractivity contribution in [1.82, 2.24) is 15.6 Å². The van der Waals surface area contributed by atoms with Crippen LogP contribution in [-0.2, 0) is 21.2 Å². The number of rotatable bonds is 6. The van der Waals surface area contributed by atoms with E-state index in [1.807, 2.05) is 29.9 Å². The van der Waals surface area contributed by atoms with Crippen LogP contribution in [-0.4, -0.2) is 27.0 Å². The summed E-state index contributed by atoms with van der Waals surface area (Å²) in [5, 5.41) is 0.356. The quantitative estimate of drug-likeness (QED) is 0.629. The van der Waals surface area contributed by atoms with E-state index in [9.17, 15) is 18.0 Å². The summed E-state index contributed by atoms with van der Waals surface area (Å²) in [6.07, 6.45) is 0.888. The van der Waals surface area contributed by atoms with Crippen molar-refractivity contribution in [3.05, 3.63) is 59.1 Å². The van der Waals surface area contributed by atoms with E-state index in [0.29, 0.717) is 10.8 Å². The van der Waals surface area contributed by atoms with Gasteiger partial charge < -0.3 is 4.74 Å². The molecule has 0 radical (unpaired) electrons. The number of nitrogens with one attached hydrogen (secondary N) is 3. The predicted molar refractivity (Wildman–Crippen MR) is 99.8 cm³/mol. The average molecular weight is 412 g/mol. The molecule has 0 saturated carbocycles. The second-order valence-electron chi connectivity index (χ2n) is 5.35. The Morgan fingerprint density at radius 2 is 1.63 bits per heavy atom. The summed E-state index contributed by atoms with van der Waals surface area (Å²) in [5.74, 6) is -0.161. The third-order valence-electron chi connectivity index (χ3n) is 3.37. The lowest BCUT2D eigenvalue weighted by molar-refractivity contribution is -0.123. The largest absolute Gasteiger partial charge is 0.484 e. The first-order chi connectivity index (χ1) is 12.8. The monoisotopic (exact) mass is 411 g/mol. The SMILES string of the molecule is CCc1ccc(OCC(=O)NNC(=O)NS(=O)(=O)c2ccc(Cl)cc2)cc1. The van der Waals surface area contributed by atoms with Crippen molar-refractivity contribution in [2.24, 2.45) is 0 Å². The first kappa shape index (κ1) is 20.5. The van der Waals surface area contributed by atoms with Crippen LogP contribution in [0.1, 0.15) is 12.5 Å². The van der Waals surface area contributed by atoms with E-state index in [2.05, 4.69) is 0 Å². The van der Waals surface area contributed by atoms with Crippen LogP contribution < -0.4 is 20.3 Å². The molecule has 0 aliphatic carbocycles. The summed E-state index contributed by atoms with van der Waals surface area (Å²) >= 11 is 5.69. The van der Waals surface area contributed by atoms with Crippen LogP contribution in [0.5, 0.6) is 5.75 Å². The van der Waals surface area contributed by atoms with Gasteiger partial charge in [-0.2, -0.15) is 0 Å². The van der Waals surface area contributed by atoms with Gasteiger partial charge in [0.1, 0.15) is 5.75 Å². The van der Waals surface area contributed by atoms with E-state index in [1.54, 1.807) is 16.9 Å². The van der Waals surface area contributed by atoms with Crippen LogP contribution in [0.3, 0.4) is 0 Å². The maximum atomic E-state index is 12.0. The summed E-state index contributed by atoms with van der Waals surface area (Å²) in [6, 6.07) is 11.3. The Labute approximate surface area is 161 Å². The predicted octanol–water partition coefficient (Wildman–Crippen LogP) is 2.00. The minimum absolute atomic E-state index is 0.146. The van der Waals surface area contributed by atoms with E-state index in [4.69, 9.17) is 16.3 Å². The van der Waals surface area contributed by atoms with E-state index in [-0.39, 0.29) is 11.5 Å². The summed E-state index contributed by atoms with van der Waals surface area (Å²) in [4.78, 5) is 23.2. The zero-order valence-electron chi connectivity index (χ0n) is 14.4. The number of amides is 3. The fourth-order valence-corrected chi connectivity index (χ4v) is 2.99. The second-order valence-corrected chi connectivity index (χ2v) is 7.47. The lowest BCUT2D eigenvalue weighted by atomic mass is 10.2. The van der Waals surface area contributed by atoms with Crippen molar-refractivity contribution in [3.8, 4) is 5.75 Å². The average Bonchev–Trinajstić information content (AvgIpc) is 2.65. The molecule has 0 aliphatic heterocycles. The summed E-state index contributed by atoms with van der Waals surface area (Å²) in [7, 11) is -4.09. The number of carbonyl (C=O) groups is 2. The Morgan fingerprint density at radius 1 is 1.00 bits per heavy atom. The molecule has 2 aromatic rings. The van der Waals surface area contributed by atoms with Gasteiger partial charge in [-0.3, -0.25) is 10.2 Å². The second kappa shape index (κ2) is 9.24. The number of hydrogen-bond acceptors (Lipinski definition) is 5. The van der Waals surface area contributed by atoms with Gasteiger partial charge in [-0.1, -0.05) is 30.7 Å². The number of carbonyl (C=O) groups excluding carboxylic acids is 2. The van der Waals surface area contributed by atoms with E-state index in [1.165, 1.54) is 24.3 Å². The van der Waals surface area contributed by atoms with Gasteiger partial charge in [-0.25, -0.2) is 23.4 Å². The minimum atomic E-state index is -4.09. The zero-order valence-corrected chi connectivity index (χ0v) is 15.9. The van der Waals surface area contributed by atoms with Crippen molar-refractivity contribution < 1.29 is 22.7 Å². The van der Waals surface area contributed by atoms with E-state index < -0.39 is 22.0 Å². The van der Waals surface area contributed by atoms with Crippen LogP contribution in [0.4, 0.5) is 4.79 Å². The van der Waals surface area contributed by atoms with Crippen molar-refractivity contribution in [2.45, 2.75) is 18.2 Å². The normalized spacial score (nSPS) is 10.7. The van der Waals surface area contributed by atoms with Gasteiger partial charge in [0.2, 0.25) is 0 Å². The molecule has 2 aromatic carbocycles. The molecule has 0 aliphatic rings. The maximum Gasteiger partial charge on any atom is 0.347 e. The first-order valence-electron chi connectivity index (χ1n) is 7.89. The highest BCUT2D eigenvalue weighted by Gasteiger charge is 2.17. The molecule has 3 N–H and O–H groups in total. The van der Waals surface area contributed by atoms with Crippen LogP contribution in [0.2, 0.25) is 5.02 Å². The minimum Gasteiger partial charge on any atom is -0.484 e. The third-order valence-corrected chi connectivity index (χ3v) is 4.97. The first-order valence-corrected chi connectivity index (χ1v) is 9.75. The Bertz CT molecular complexity index is 899. The van der Waals surface area contributed by atoms with Crippen molar-refractivity contribution in [3.63, 3.8) is 0 Å². The standard InChI is InChI=1S/C17H18ClN3O5S/c1-2-12-3-7-14(8-4-12)26-11-16(22)19-20-17(23)21-27(24,25)15-9-5-13(18)6-10-15/h3-10H,2,11H2,1H3,(H,19,22)(H2,20,21,23). The number of sulfonamides is 1. The van der Waals surface area contributed by atoms with Gasteiger partial charge in [0, 0.05) is 5.02 Å². The summed E-state index contributed by atoms with van der Waals surface area (Å²) in [5.41, 5.74) is 5.12. The Morgan fingerprint density at radius 3 is 2.22 bits per heavy atom. The molecule has 0 aromatic heterocycles. The van der Waals surface area contributed by atoms with Crippen molar-refractivity contribution >= 4 is 33.6 Å². The van der Waals surface area contributed by atoms with Crippen molar-refractivity contribution in [2.75, 3.05) is 6.61 Å². The molecule has 0 unspecified atom stereocenters. The van der Waals surface area contributed by atoms with Crippen LogP contribution in [0, 0.1) is 0 Å². The maximum absolute atomic E-state index is 12.0. The molecular weight excluding hydrogens is 394 g/mol. The van der Waals surface area contributed by atoms with E-state index >= 15 is 0 Å². The number of urea groups is 1. The highest BCUT2D eigenvalue weighted by Crippen LogP contribution is 2.14. The highest BCUT2D eigenvalue weighted by atomic mass is 35.5. The molecule has 144 valence electrons. The molecule has 3 amide bonds. The molecular formula is C17H18ClN3O5S. The number of aryl methyl sites for hydroxylation is 1. The summed E-state index contributed by atoms with van der Waals surface area (Å²) in [6.45, 7) is 1.67. The number of hydrazine groups is 1. The zero-order chi connectivity index (χ0) is 19.9. The fraction of sp³-hybridized carbons (Fsp3) is 0.176. The molecule has 0 heterocycles. The Balaban J connectivity index is 1.78. The van der Waals surface area contributed by atoms with Gasteiger partial charge in [0.05, 0.1) is 4.90 Å². The van der Waals surface area contributed by atoms with Gasteiger partial charge in [0.15, 0.2) is 6.61 Å². The third kappa shape index (κ3) is 6.46. The van der Waals surface area contributed by atoms with Crippen LogP contribution >= 0.6 is 11.6 Å². The molecule has 8 nitrogen and oxygen atoms in total. The molecule has 10 heteroatoms. The van der Waals surface area contributed by atoms with Gasteiger partial charge in [-0.15, -0.1) is 0 Å². The molecule has 2 rings (SSSR count). The number of hydrogen-bond donors (Lipinski definition) is 3. The number of halogens is 1. The fourth-order valence-electron chi connectivity index (χ4n) is 1.95. The van der Waals surface area contributed by atoms with Gasteiger partial charge in [0.25, 0.3) is 15.9 Å². The molecule has 27 heavy (non-hydrogen) atoms. The van der Waals surface area contributed by atoms with Gasteiger partial charge >= 0.3 is 6.03 Å². The van der Waals surface area contributed by atoms with Crippen LogP contribution in [0.15, 0.2) is 53.4 Å². The molecule has 0 fully saturated rings. The van der Waals surface area contributed by atoms with Crippen molar-refractivity contribution in [1.29, 1.82) is 0 Å². The summed E-state index contributed by atoms with van der Waals surface area (Å²) < 4.78 is 31.0. The lowest BCUT2D eigenvalue weighted by Crippen LogP contribution is -2.49. The molecule has 0 saturated heterocycles. The lowest BCUT2D eigenvalue weighted by Gasteiger charge is -2.10. The topological polar surface area (TPSA) is 114 Å². The molecule has 0 bridgehead atoms. The Kier molecular flexibility index (Phi) is 7.03.